The van der Waals surface area contributed by atoms with Crippen molar-refractivity contribution in [1.29, 1.82) is 0 Å². The number of amides is 1. The van der Waals surface area contributed by atoms with E-state index in [2.05, 4.69) is 4.79 Å². The van der Waals surface area contributed by atoms with Crippen molar-refractivity contribution in [3.05, 3.63) is 5.53 Å². The third kappa shape index (κ3) is 2.26. The Morgan fingerprint density at radius 1 is 1.21 bits per heavy atom. The van der Waals surface area contributed by atoms with Crippen LogP contribution in [0.25, 0.3) is 5.53 Å². The number of nitrogens with zero attached hydrogens (tertiary/aromatic N) is 3. The highest BCUT2D eigenvalue weighted by molar-refractivity contribution is 6.63. The Bertz CT molecular complexity index is 299. The smallest absolute Gasteiger partial charge is 0.360 e. The first-order valence-electron chi connectivity index (χ1n) is 4.69. The topological polar surface area (TPSA) is 73.8 Å². The average Bonchev–Trinajstić information content (AvgIpc) is 2.19. The van der Waals surface area contributed by atoms with Crippen LogP contribution in [-0.2, 0) is 9.59 Å². The predicted molar refractivity (Wildman–Crippen MR) is 49.7 cm³/mol. The van der Waals surface area contributed by atoms with Crippen molar-refractivity contribution in [1.82, 2.24) is 4.90 Å². The molecule has 1 rings (SSSR count). The van der Waals surface area contributed by atoms with Gasteiger partial charge in [-0.25, -0.2) is 0 Å². The lowest BCUT2D eigenvalue weighted by Gasteiger charge is -2.24. The molecule has 0 N–H and O–H groups in total. The molecule has 1 saturated heterocycles. The van der Waals surface area contributed by atoms with E-state index in [1.807, 2.05) is 0 Å². The molecule has 0 radical (unpaired) electrons. The summed E-state index contributed by atoms with van der Waals surface area (Å²) in [4.78, 5) is 26.8. The quantitative estimate of drug-likeness (QED) is 0.274. The fraction of sp³-hybridized carbons (Fsp3) is 0.667. The molecule has 5 heteroatoms. The second kappa shape index (κ2) is 4.67. The van der Waals surface area contributed by atoms with Gasteiger partial charge in [0.1, 0.15) is 0 Å². The lowest BCUT2D eigenvalue weighted by Crippen LogP contribution is -2.42. The zero-order valence-corrected chi connectivity index (χ0v) is 8.19. The molecular weight excluding hydrogens is 182 g/mol. The Morgan fingerprint density at radius 2 is 1.79 bits per heavy atom. The van der Waals surface area contributed by atoms with Gasteiger partial charge in [0.05, 0.1) is 0 Å². The maximum absolute atomic E-state index is 11.6. The first-order valence-corrected chi connectivity index (χ1v) is 4.69. The zero-order valence-electron chi connectivity index (χ0n) is 8.19. The van der Waals surface area contributed by atoms with Crippen LogP contribution in [-0.4, -0.2) is 40.2 Å². The van der Waals surface area contributed by atoms with Crippen LogP contribution in [0.3, 0.4) is 0 Å². The number of ketones is 1. The third-order valence-electron chi connectivity index (χ3n) is 2.28. The summed E-state index contributed by atoms with van der Waals surface area (Å²) in [6.07, 6.45) is 3.00. The molecule has 76 valence electrons. The standard InChI is InChI=1S/C9H13N3O2/c1-7(13)8(11-10)9(14)12-5-3-2-4-6-12/h2-6H2,1H3. The van der Waals surface area contributed by atoms with Crippen LogP contribution in [0.4, 0.5) is 0 Å². The molecule has 0 spiro atoms. The molecule has 0 aliphatic carbocycles. The number of piperidine rings is 1. The highest BCUT2D eigenvalue weighted by Crippen LogP contribution is 2.08. The highest BCUT2D eigenvalue weighted by atomic mass is 16.2. The second-order valence-corrected chi connectivity index (χ2v) is 3.36. The van der Waals surface area contributed by atoms with E-state index in [-0.39, 0.29) is 5.71 Å². The lowest BCUT2D eigenvalue weighted by molar-refractivity contribution is -0.132. The SMILES string of the molecule is CC(=O)C(=[N+]=[N-])C(=O)N1CCCCC1. The van der Waals surface area contributed by atoms with Gasteiger partial charge >= 0.3 is 11.6 Å². The molecule has 1 heterocycles. The number of carbonyl (C=O) groups is 2. The molecule has 14 heavy (non-hydrogen) atoms. The minimum absolute atomic E-state index is 0.369. The summed E-state index contributed by atoms with van der Waals surface area (Å²) in [6, 6.07) is 0. The number of hydrogen-bond donors (Lipinski definition) is 0. The second-order valence-electron chi connectivity index (χ2n) is 3.36. The van der Waals surface area contributed by atoms with Gasteiger partial charge in [-0.05, 0) is 19.3 Å². The van der Waals surface area contributed by atoms with Gasteiger partial charge < -0.3 is 10.4 Å². The number of carbonyl (C=O) groups excluding carboxylic acids is 2. The largest absolute Gasteiger partial charge is 0.421 e. The Balaban J connectivity index is 2.72. The van der Waals surface area contributed by atoms with Gasteiger partial charge in [0.25, 0.3) is 0 Å². The van der Waals surface area contributed by atoms with E-state index >= 15 is 0 Å². The Kier molecular flexibility index (Phi) is 3.54. The molecule has 0 bridgehead atoms. The maximum atomic E-state index is 11.6. The molecular formula is C9H13N3O2. The molecule has 1 amide bonds. The van der Waals surface area contributed by atoms with Crippen molar-refractivity contribution in [2.24, 2.45) is 0 Å². The van der Waals surface area contributed by atoms with Crippen LogP contribution in [0.2, 0.25) is 0 Å². The van der Waals surface area contributed by atoms with Crippen LogP contribution in [0.5, 0.6) is 0 Å². The van der Waals surface area contributed by atoms with Gasteiger partial charge in [-0.2, -0.15) is 4.79 Å². The first kappa shape index (κ1) is 10.6. The summed E-state index contributed by atoms with van der Waals surface area (Å²) < 4.78 is 0. The predicted octanol–water partition coefficient (Wildman–Crippen LogP) is 0.259. The average molecular weight is 195 g/mol. The van der Waals surface area contributed by atoms with Gasteiger partial charge in [0.2, 0.25) is 5.78 Å². The monoisotopic (exact) mass is 195 g/mol. The Hall–Kier alpha value is -1.48. The lowest BCUT2D eigenvalue weighted by atomic mass is 10.1. The van der Waals surface area contributed by atoms with Gasteiger partial charge in [0, 0.05) is 20.0 Å². The molecule has 0 aromatic carbocycles. The summed E-state index contributed by atoms with van der Waals surface area (Å²) in [5.41, 5.74) is 8.15. The minimum atomic E-state index is -0.497. The Morgan fingerprint density at radius 3 is 2.21 bits per heavy atom. The summed E-state index contributed by atoms with van der Waals surface area (Å²) >= 11 is 0. The number of likely N-dealkylation sites (tertiary alicyclic amines) is 1. The maximum Gasteiger partial charge on any atom is 0.421 e. The van der Waals surface area contributed by atoms with E-state index in [0.29, 0.717) is 13.1 Å². The van der Waals surface area contributed by atoms with Gasteiger partial charge in [-0.15, -0.1) is 0 Å². The summed E-state index contributed by atoms with van der Waals surface area (Å²) in [5, 5.41) is 0. The van der Waals surface area contributed by atoms with Crippen LogP contribution in [0.1, 0.15) is 26.2 Å². The molecule has 0 aromatic rings. The molecule has 0 unspecified atom stereocenters. The number of Topliss-reactive ketones (excluding diaryl/α,β-unsaturated/α-hetero) is 1. The number of hydrogen-bond acceptors (Lipinski definition) is 2. The van der Waals surface area contributed by atoms with Gasteiger partial charge in [-0.3, -0.25) is 9.59 Å². The summed E-state index contributed by atoms with van der Waals surface area (Å²) in [6.45, 7) is 2.51. The molecule has 1 fully saturated rings. The number of rotatable bonds is 2. The van der Waals surface area contributed by atoms with E-state index in [0.717, 1.165) is 19.3 Å². The van der Waals surface area contributed by atoms with Crippen LogP contribution < -0.4 is 0 Å². The first-order chi connectivity index (χ1) is 6.66. The normalized spacial score (nSPS) is 15.9. The van der Waals surface area contributed by atoms with Crippen LogP contribution in [0, 0.1) is 0 Å². The molecule has 0 saturated carbocycles. The molecule has 0 atom stereocenters. The third-order valence-corrected chi connectivity index (χ3v) is 2.28. The van der Waals surface area contributed by atoms with Crippen LogP contribution in [0.15, 0.2) is 0 Å². The summed E-state index contributed by atoms with van der Waals surface area (Å²) in [5.74, 6) is -0.956. The van der Waals surface area contributed by atoms with Crippen LogP contribution >= 0.6 is 0 Å². The molecule has 1 aliphatic heterocycles. The van der Waals surface area contributed by atoms with Gasteiger partial charge in [0.15, 0.2) is 0 Å². The fourth-order valence-electron chi connectivity index (χ4n) is 1.51. The fourth-order valence-corrected chi connectivity index (χ4v) is 1.51. The minimum Gasteiger partial charge on any atom is -0.360 e. The zero-order chi connectivity index (χ0) is 10.6. The highest BCUT2D eigenvalue weighted by Gasteiger charge is 2.31. The van der Waals surface area contributed by atoms with E-state index < -0.39 is 11.7 Å². The van der Waals surface area contributed by atoms with Crippen molar-refractivity contribution in [3.8, 4) is 0 Å². The summed E-state index contributed by atoms with van der Waals surface area (Å²) in [7, 11) is 0. The van der Waals surface area contributed by atoms with E-state index in [1.54, 1.807) is 4.90 Å². The Labute approximate surface area is 82.3 Å². The molecule has 1 aliphatic rings. The molecule has 5 nitrogen and oxygen atoms in total. The van der Waals surface area contributed by atoms with E-state index in [9.17, 15) is 9.59 Å². The van der Waals surface area contributed by atoms with Crippen molar-refractivity contribution < 1.29 is 14.4 Å². The van der Waals surface area contributed by atoms with Crippen molar-refractivity contribution in [2.45, 2.75) is 26.2 Å². The van der Waals surface area contributed by atoms with Crippen molar-refractivity contribution in [2.75, 3.05) is 13.1 Å². The van der Waals surface area contributed by atoms with E-state index in [4.69, 9.17) is 5.53 Å². The van der Waals surface area contributed by atoms with Gasteiger partial charge in [-0.1, -0.05) is 0 Å². The molecule has 0 aromatic heterocycles. The van der Waals surface area contributed by atoms with Crippen molar-refractivity contribution in [3.63, 3.8) is 0 Å². The van der Waals surface area contributed by atoms with Crippen molar-refractivity contribution >= 4 is 17.4 Å². The van der Waals surface area contributed by atoms with E-state index in [1.165, 1.54) is 6.92 Å².